The number of thiophene rings is 1. The lowest BCUT2D eigenvalue weighted by Crippen LogP contribution is -2.38. The lowest BCUT2D eigenvalue weighted by molar-refractivity contribution is -0.274. The van der Waals surface area contributed by atoms with Gasteiger partial charge >= 0.3 is 6.36 Å². The maximum Gasteiger partial charge on any atom is 0.573 e. The smallest absolute Gasteiger partial charge is 0.406 e. The van der Waals surface area contributed by atoms with Crippen LogP contribution in [0.25, 0.3) is 5.70 Å². The third-order valence-electron chi connectivity index (χ3n) is 3.97. The number of aliphatic hydroxyl groups is 1. The number of rotatable bonds is 5. The Bertz CT molecular complexity index is 849. The molecule has 144 valence electrons. The summed E-state index contributed by atoms with van der Waals surface area (Å²) in [5.74, 6) is -0.292. The van der Waals surface area contributed by atoms with E-state index in [0.717, 1.165) is 10.6 Å². The molecule has 0 aliphatic carbocycles. The van der Waals surface area contributed by atoms with Gasteiger partial charge in [0, 0.05) is 11.9 Å². The Balaban J connectivity index is 1.93. The highest BCUT2D eigenvalue weighted by molar-refractivity contribution is 7.16. The number of benzene rings is 1. The van der Waals surface area contributed by atoms with Gasteiger partial charge in [-0.25, -0.2) is 0 Å². The fourth-order valence-corrected chi connectivity index (χ4v) is 3.91. The van der Waals surface area contributed by atoms with Crippen molar-refractivity contribution in [3.05, 3.63) is 57.3 Å². The molecule has 4 nitrogen and oxygen atoms in total. The quantitative estimate of drug-likeness (QED) is 0.737. The van der Waals surface area contributed by atoms with E-state index in [1.54, 1.807) is 30.5 Å². The Hall–Kier alpha value is -2.03. The molecule has 0 bridgehead atoms. The van der Waals surface area contributed by atoms with E-state index >= 15 is 0 Å². The van der Waals surface area contributed by atoms with E-state index in [9.17, 15) is 18.3 Å². The Labute approximate surface area is 163 Å². The summed E-state index contributed by atoms with van der Waals surface area (Å²) in [7, 11) is 0. The van der Waals surface area contributed by atoms with Crippen LogP contribution < -0.4 is 4.74 Å². The van der Waals surface area contributed by atoms with Gasteiger partial charge in [0.1, 0.15) is 5.75 Å². The second-order valence-corrected chi connectivity index (χ2v) is 7.62. The molecule has 0 radical (unpaired) electrons. The minimum Gasteiger partial charge on any atom is -0.406 e. The van der Waals surface area contributed by atoms with Gasteiger partial charge in [0.05, 0.1) is 21.9 Å². The van der Waals surface area contributed by atoms with Crippen LogP contribution in [0.4, 0.5) is 13.2 Å². The van der Waals surface area contributed by atoms with Crippen molar-refractivity contribution in [3.8, 4) is 5.75 Å². The Morgan fingerprint density at radius 2 is 1.96 bits per heavy atom. The summed E-state index contributed by atoms with van der Waals surface area (Å²) in [6.07, 6.45) is -1.71. The van der Waals surface area contributed by atoms with E-state index in [1.165, 1.54) is 23.5 Å². The zero-order valence-electron chi connectivity index (χ0n) is 14.2. The lowest BCUT2D eigenvalue weighted by atomic mass is 10.1. The van der Waals surface area contributed by atoms with Crippen LogP contribution in [0.15, 0.2) is 47.5 Å². The Morgan fingerprint density at radius 1 is 1.26 bits per heavy atom. The van der Waals surface area contributed by atoms with Crippen molar-refractivity contribution in [2.24, 2.45) is 4.99 Å². The molecule has 0 fully saturated rings. The molecule has 27 heavy (non-hydrogen) atoms. The second kappa shape index (κ2) is 7.92. The number of nitrogens with zero attached hydrogens (tertiary/aromatic N) is 2. The SMILES string of the molecule is C[C@@H](CO)N1C(c2ccc(OC(F)(F)F)cc2)=CC=NC1c1ccc(Cl)s1. The van der Waals surface area contributed by atoms with E-state index in [1.807, 2.05) is 17.9 Å². The van der Waals surface area contributed by atoms with Gasteiger partial charge in [-0.15, -0.1) is 24.5 Å². The number of aliphatic hydroxyl groups excluding tert-OH is 1. The average Bonchev–Trinajstić information content (AvgIpc) is 3.06. The van der Waals surface area contributed by atoms with Crippen molar-refractivity contribution >= 4 is 34.8 Å². The van der Waals surface area contributed by atoms with E-state index in [-0.39, 0.29) is 24.6 Å². The molecular weight excluding hydrogens is 401 g/mol. The van der Waals surface area contributed by atoms with Gasteiger partial charge in [-0.1, -0.05) is 11.6 Å². The predicted octanol–water partition coefficient (Wildman–Crippen LogP) is 5.11. The zero-order valence-corrected chi connectivity index (χ0v) is 15.7. The number of hydrogen-bond donors (Lipinski definition) is 1. The van der Waals surface area contributed by atoms with Gasteiger partial charge in [-0.3, -0.25) is 4.99 Å². The number of alkyl halides is 3. The standard InChI is InChI=1S/C18H16ClF3N2O2S/c1-11(10-25)24-14(8-9-23-17(24)15-6-7-16(19)27-15)12-2-4-13(5-3-12)26-18(20,21)22/h2-9,11,17,25H,10H2,1H3/t11-,17?/m0/s1. The summed E-state index contributed by atoms with van der Waals surface area (Å²) in [5.41, 5.74) is 1.42. The maximum absolute atomic E-state index is 12.4. The Morgan fingerprint density at radius 3 is 2.52 bits per heavy atom. The number of aliphatic imine (C=N–C) groups is 1. The number of hydrogen-bond acceptors (Lipinski definition) is 5. The van der Waals surface area contributed by atoms with Gasteiger partial charge in [-0.2, -0.15) is 0 Å². The monoisotopic (exact) mass is 416 g/mol. The van der Waals surface area contributed by atoms with E-state index in [4.69, 9.17) is 11.6 Å². The molecule has 3 rings (SSSR count). The number of ether oxygens (including phenoxy) is 1. The molecule has 1 aromatic heterocycles. The van der Waals surface area contributed by atoms with Gasteiger partial charge in [0.2, 0.25) is 0 Å². The van der Waals surface area contributed by atoms with Crippen LogP contribution in [0.5, 0.6) is 5.75 Å². The topological polar surface area (TPSA) is 45.1 Å². The highest BCUT2D eigenvalue weighted by Gasteiger charge is 2.32. The summed E-state index contributed by atoms with van der Waals surface area (Å²) < 4.78 is 41.6. The number of halogens is 4. The minimum absolute atomic E-state index is 0.113. The molecular formula is C18H16ClF3N2O2S. The molecule has 0 saturated heterocycles. The molecule has 0 amide bonds. The molecule has 0 saturated carbocycles. The fourth-order valence-electron chi connectivity index (χ4n) is 2.80. The molecule has 0 spiro atoms. The molecule has 9 heteroatoms. The highest BCUT2D eigenvalue weighted by atomic mass is 35.5. The van der Waals surface area contributed by atoms with Crippen molar-refractivity contribution in [1.29, 1.82) is 0 Å². The van der Waals surface area contributed by atoms with Gasteiger partial charge in [-0.05, 0) is 55.0 Å². The first-order chi connectivity index (χ1) is 12.8. The molecule has 2 heterocycles. The van der Waals surface area contributed by atoms with Gasteiger partial charge in [0.25, 0.3) is 0 Å². The first-order valence-corrected chi connectivity index (χ1v) is 9.22. The predicted molar refractivity (Wildman–Crippen MR) is 100 cm³/mol. The van der Waals surface area contributed by atoms with Crippen LogP contribution in [-0.2, 0) is 0 Å². The highest BCUT2D eigenvalue weighted by Crippen LogP contribution is 2.39. The van der Waals surface area contributed by atoms with Crippen molar-refractivity contribution in [1.82, 2.24) is 4.90 Å². The minimum atomic E-state index is -4.74. The first-order valence-electron chi connectivity index (χ1n) is 8.02. The largest absolute Gasteiger partial charge is 0.573 e. The summed E-state index contributed by atoms with van der Waals surface area (Å²) in [5, 5.41) is 9.70. The van der Waals surface area contributed by atoms with Gasteiger partial charge in [0.15, 0.2) is 6.17 Å². The molecule has 1 N–H and O–H groups in total. The van der Waals surface area contributed by atoms with Crippen LogP contribution in [0.2, 0.25) is 4.34 Å². The molecule has 1 aromatic carbocycles. The van der Waals surface area contributed by atoms with Crippen LogP contribution in [-0.4, -0.2) is 35.2 Å². The average molecular weight is 417 g/mol. The van der Waals surface area contributed by atoms with E-state index in [0.29, 0.717) is 9.90 Å². The Kier molecular flexibility index (Phi) is 5.78. The molecule has 1 aliphatic rings. The molecule has 2 aromatic rings. The molecule has 1 aliphatic heterocycles. The van der Waals surface area contributed by atoms with Crippen molar-refractivity contribution in [3.63, 3.8) is 0 Å². The van der Waals surface area contributed by atoms with Crippen molar-refractivity contribution < 1.29 is 23.0 Å². The van der Waals surface area contributed by atoms with E-state index in [2.05, 4.69) is 9.73 Å². The zero-order chi connectivity index (χ0) is 19.6. The fraction of sp³-hybridized carbons (Fsp3) is 0.278. The summed E-state index contributed by atoms with van der Waals surface area (Å²) >= 11 is 7.43. The third kappa shape index (κ3) is 4.63. The summed E-state index contributed by atoms with van der Waals surface area (Å²) in [6, 6.07) is 8.98. The normalized spacial score (nSPS) is 18.4. The lowest BCUT2D eigenvalue weighted by Gasteiger charge is -2.38. The van der Waals surface area contributed by atoms with Crippen LogP contribution in [0.1, 0.15) is 23.5 Å². The summed E-state index contributed by atoms with van der Waals surface area (Å²) in [6.45, 7) is 1.73. The molecule has 1 unspecified atom stereocenters. The van der Waals surface area contributed by atoms with Crippen molar-refractivity contribution in [2.75, 3.05) is 6.61 Å². The van der Waals surface area contributed by atoms with Crippen LogP contribution in [0.3, 0.4) is 0 Å². The van der Waals surface area contributed by atoms with Crippen LogP contribution in [0, 0.1) is 0 Å². The van der Waals surface area contributed by atoms with Gasteiger partial charge < -0.3 is 14.7 Å². The summed E-state index contributed by atoms with van der Waals surface area (Å²) in [4.78, 5) is 7.32. The third-order valence-corrected chi connectivity index (χ3v) is 5.24. The van der Waals surface area contributed by atoms with Crippen molar-refractivity contribution in [2.45, 2.75) is 25.5 Å². The first kappa shape index (κ1) is 19.7. The molecule has 2 atom stereocenters. The number of allylic oxidation sites excluding steroid dienone is 1. The van der Waals surface area contributed by atoms with Crippen LogP contribution >= 0.6 is 22.9 Å². The maximum atomic E-state index is 12.4. The second-order valence-electron chi connectivity index (χ2n) is 5.88. The van der Waals surface area contributed by atoms with E-state index < -0.39 is 6.36 Å².